The summed E-state index contributed by atoms with van der Waals surface area (Å²) >= 11 is 0. The largest absolute Gasteiger partial charge is 0.348 e. The molecule has 0 aromatic heterocycles. The molecule has 2 N–H and O–H groups in total. The minimum absolute atomic E-state index is 0.0690. The summed E-state index contributed by atoms with van der Waals surface area (Å²) in [7, 11) is 0. The van der Waals surface area contributed by atoms with Crippen molar-refractivity contribution in [1.82, 2.24) is 10.6 Å². The van der Waals surface area contributed by atoms with Crippen LogP contribution in [0.4, 0.5) is 4.39 Å². The molecule has 2 aliphatic rings. The van der Waals surface area contributed by atoms with Crippen LogP contribution in [0.15, 0.2) is 36.4 Å². The van der Waals surface area contributed by atoms with Crippen LogP contribution in [-0.2, 0) is 0 Å². The van der Waals surface area contributed by atoms with E-state index < -0.39 is 0 Å². The van der Waals surface area contributed by atoms with Gasteiger partial charge in [-0.15, -0.1) is 0 Å². The van der Waals surface area contributed by atoms with Gasteiger partial charge < -0.3 is 10.6 Å². The Balaban J connectivity index is 1.56. The molecule has 2 aromatic rings. The fraction of sp³-hybridized carbons (Fsp3) is 0.353. The van der Waals surface area contributed by atoms with Crippen LogP contribution in [-0.4, -0.2) is 24.0 Å². The molecule has 2 aliphatic heterocycles. The van der Waals surface area contributed by atoms with E-state index in [0.717, 1.165) is 23.6 Å². The number of halogens is 1. The number of carbonyl (C=O) groups is 1. The van der Waals surface area contributed by atoms with Gasteiger partial charge in [0.15, 0.2) is 0 Å². The average Bonchev–Trinajstić information content (AvgIpc) is 3.09. The third-order valence-corrected chi connectivity index (χ3v) is 4.68. The summed E-state index contributed by atoms with van der Waals surface area (Å²) < 4.78 is 13.3. The first-order chi connectivity index (χ1) is 10.2. The van der Waals surface area contributed by atoms with Gasteiger partial charge in [-0.3, -0.25) is 4.79 Å². The van der Waals surface area contributed by atoms with E-state index >= 15 is 0 Å². The Morgan fingerprint density at radius 2 is 2.00 bits per heavy atom. The van der Waals surface area contributed by atoms with Gasteiger partial charge in [-0.1, -0.05) is 12.1 Å². The van der Waals surface area contributed by atoms with Crippen LogP contribution >= 0.6 is 0 Å². The number of amides is 1. The molecule has 3 atom stereocenters. The molecule has 2 saturated heterocycles. The first kappa shape index (κ1) is 12.8. The fourth-order valence-electron chi connectivity index (χ4n) is 3.59. The number of rotatable bonds is 2. The van der Waals surface area contributed by atoms with Crippen molar-refractivity contribution in [3.8, 4) is 0 Å². The van der Waals surface area contributed by atoms with Gasteiger partial charge in [-0.2, -0.15) is 0 Å². The molecular formula is C17H17FN2O. The van der Waals surface area contributed by atoms with Gasteiger partial charge >= 0.3 is 0 Å². The first-order valence-electron chi connectivity index (χ1n) is 7.45. The van der Waals surface area contributed by atoms with Crippen LogP contribution in [0.25, 0.3) is 10.8 Å². The van der Waals surface area contributed by atoms with Gasteiger partial charge in [0.05, 0.1) is 0 Å². The van der Waals surface area contributed by atoms with E-state index in [2.05, 4.69) is 10.6 Å². The Labute approximate surface area is 122 Å². The molecule has 0 unspecified atom stereocenters. The highest BCUT2D eigenvalue weighted by atomic mass is 19.1. The van der Waals surface area contributed by atoms with Crippen LogP contribution in [0.3, 0.4) is 0 Å². The Kier molecular flexibility index (Phi) is 2.93. The number of hydrogen-bond donors (Lipinski definition) is 2. The summed E-state index contributed by atoms with van der Waals surface area (Å²) in [6, 6.07) is 11.2. The molecule has 4 heteroatoms. The van der Waals surface area contributed by atoms with Crippen molar-refractivity contribution in [2.45, 2.75) is 37.4 Å². The van der Waals surface area contributed by atoms with Crippen LogP contribution in [0.1, 0.15) is 29.6 Å². The van der Waals surface area contributed by atoms with E-state index in [9.17, 15) is 9.18 Å². The van der Waals surface area contributed by atoms with Crippen molar-refractivity contribution >= 4 is 16.7 Å². The first-order valence-corrected chi connectivity index (χ1v) is 7.45. The normalized spacial score (nSPS) is 27.2. The van der Waals surface area contributed by atoms with E-state index in [1.807, 2.05) is 6.07 Å². The quantitative estimate of drug-likeness (QED) is 0.890. The summed E-state index contributed by atoms with van der Waals surface area (Å²) in [5.74, 6) is -0.349. The molecule has 108 valence electrons. The Morgan fingerprint density at radius 3 is 2.76 bits per heavy atom. The lowest BCUT2D eigenvalue weighted by Gasteiger charge is -2.21. The summed E-state index contributed by atoms with van der Waals surface area (Å²) in [4.78, 5) is 12.4. The van der Waals surface area contributed by atoms with E-state index in [1.54, 1.807) is 18.2 Å². The van der Waals surface area contributed by atoms with Crippen molar-refractivity contribution in [2.24, 2.45) is 0 Å². The predicted molar refractivity (Wildman–Crippen MR) is 79.7 cm³/mol. The summed E-state index contributed by atoms with van der Waals surface area (Å²) in [6.45, 7) is 0. The lowest BCUT2D eigenvalue weighted by Crippen LogP contribution is -2.42. The predicted octanol–water partition coefficient (Wildman–Crippen LogP) is 2.60. The molecule has 0 aliphatic carbocycles. The molecule has 2 fully saturated rings. The van der Waals surface area contributed by atoms with Crippen LogP contribution in [0, 0.1) is 5.82 Å². The van der Waals surface area contributed by atoms with E-state index in [0.29, 0.717) is 17.6 Å². The van der Waals surface area contributed by atoms with Crippen molar-refractivity contribution in [3.63, 3.8) is 0 Å². The SMILES string of the molecule is O=C(N[C@@H]1C[C@H]2CC[C@@H]1N2)c1ccc2ccc(F)cc2c1. The van der Waals surface area contributed by atoms with Crippen molar-refractivity contribution in [2.75, 3.05) is 0 Å². The second-order valence-corrected chi connectivity index (χ2v) is 6.07. The molecule has 2 heterocycles. The Morgan fingerprint density at radius 1 is 1.14 bits per heavy atom. The lowest BCUT2D eigenvalue weighted by molar-refractivity contribution is 0.0931. The molecule has 1 amide bonds. The molecule has 0 radical (unpaired) electrons. The average molecular weight is 284 g/mol. The lowest BCUT2D eigenvalue weighted by atomic mass is 9.95. The molecule has 0 saturated carbocycles. The van der Waals surface area contributed by atoms with Gasteiger partial charge in [0.1, 0.15) is 5.82 Å². The smallest absolute Gasteiger partial charge is 0.251 e. The molecule has 2 bridgehead atoms. The van der Waals surface area contributed by atoms with E-state index in [-0.39, 0.29) is 17.8 Å². The van der Waals surface area contributed by atoms with Crippen LogP contribution < -0.4 is 10.6 Å². The van der Waals surface area contributed by atoms with E-state index in [4.69, 9.17) is 0 Å². The third kappa shape index (κ3) is 2.29. The molecule has 0 spiro atoms. The minimum atomic E-state index is -0.280. The minimum Gasteiger partial charge on any atom is -0.348 e. The number of nitrogens with one attached hydrogen (secondary N) is 2. The fourth-order valence-corrected chi connectivity index (χ4v) is 3.59. The summed E-state index contributed by atoms with van der Waals surface area (Å²) in [6.07, 6.45) is 3.36. The number of fused-ring (bicyclic) bond motifs is 3. The highest BCUT2D eigenvalue weighted by molar-refractivity contribution is 5.98. The maximum Gasteiger partial charge on any atom is 0.251 e. The van der Waals surface area contributed by atoms with Gasteiger partial charge in [-0.05, 0) is 54.3 Å². The standard InChI is InChI=1S/C17H17FN2O/c18-13-4-3-10-1-2-11(7-12(10)8-13)17(21)20-16-9-14-5-6-15(16)19-14/h1-4,7-8,14-16,19H,5-6,9H2,(H,20,21)/t14-,15+,16-/m1/s1. The van der Waals surface area contributed by atoms with Crippen molar-refractivity contribution in [3.05, 3.63) is 47.8 Å². The zero-order valence-electron chi connectivity index (χ0n) is 11.6. The van der Waals surface area contributed by atoms with Crippen LogP contribution in [0.2, 0.25) is 0 Å². The van der Waals surface area contributed by atoms with Crippen LogP contribution in [0.5, 0.6) is 0 Å². The molecule has 3 nitrogen and oxygen atoms in total. The maximum atomic E-state index is 13.3. The zero-order chi connectivity index (χ0) is 14.4. The van der Waals surface area contributed by atoms with Crippen molar-refractivity contribution < 1.29 is 9.18 Å². The highest BCUT2D eigenvalue weighted by Crippen LogP contribution is 2.28. The monoisotopic (exact) mass is 284 g/mol. The van der Waals surface area contributed by atoms with Gasteiger partial charge in [0.2, 0.25) is 0 Å². The third-order valence-electron chi connectivity index (χ3n) is 4.68. The van der Waals surface area contributed by atoms with Crippen molar-refractivity contribution in [1.29, 1.82) is 0 Å². The molecule has 4 rings (SSSR count). The molecular weight excluding hydrogens is 267 g/mol. The number of carbonyl (C=O) groups excluding carboxylic acids is 1. The summed E-state index contributed by atoms with van der Waals surface area (Å²) in [5, 5.41) is 8.32. The van der Waals surface area contributed by atoms with E-state index in [1.165, 1.54) is 18.6 Å². The Hall–Kier alpha value is -1.94. The zero-order valence-corrected chi connectivity index (χ0v) is 11.6. The summed E-state index contributed by atoms with van der Waals surface area (Å²) in [5.41, 5.74) is 0.593. The number of benzene rings is 2. The van der Waals surface area contributed by atoms with Gasteiger partial charge in [-0.25, -0.2) is 4.39 Å². The molecule has 2 aromatic carbocycles. The second kappa shape index (κ2) is 4.81. The second-order valence-electron chi connectivity index (χ2n) is 6.07. The molecule has 21 heavy (non-hydrogen) atoms. The number of hydrogen-bond acceptors (Lipinski definition) is 2. The van der Waals surface area contributed by atoms with Gasteiger partial charge in [0, 0.05) is 23.7 Å². The topological polar surface area (TPSA) is 41.1 Å². The highest BCUT2D eigenvalue weighted by Gasteiger charge is 2.39. The maximum absolute atomic E-state index is 13.3. The Bertz CT molecular complexity index is 715. The van der Waals surface area contributed by atoms with Gasteiger partial charge in [0.25, 0.3) is 5.91 Å².